The smallest absolute Gasteiger partial charge is 0.225 e. The molecule has 0 radical (unpaired) electrons. The van der Waals surface area contributed by atoms with Gasteiger partial charge >= 0.3 is 0 Å². The van der Waals surface area contributed by atoms with Gasteiger partial charge in [0.15, 0.2) is 0 Å². The Bertz CT molecular complexity index is 711. The highest BCUT2D eigenvalue weighted by molar-refractivity contribution is 7.16. The van der Waals surface area contributed by atoms with Gasteiger partial charge in [-0.15, -0.1) is 11.3 Å². The van der Waals surface area contributed by atoms with Crippen LogP contribution in [-0.4, -0.2) is 9.97 Å². The lowest BCUT2D eigenvalue weighted by atomic mass is 10.2. The quantitative estimate of drug-likeness (QED) is 0.730. The normalized spacial score (nSPS) is 10.8. The van der Waals surface area contributed by atoms with Crippen molar-refractivity contribution in [2.45, 2.75) is 6.61 Å². The minimum absolute atomic E-state index is 0.0352. The average molecular weight is 295 g/mol. The number of hydrogen-bond donors (Lipinski definition) is 0. The van der Waals surface area contributed by atoms with Crippen molar-refractivity contribution >= 4 is 33.2 Å². The molecule has 0 fully saturated rings. The molecule has 0 N–H and O–H groups in total. The molecule has 0 bridgehead atoms. The van der Waals surface area contributed by atoms with Gasteiger partial charge in [-0.05, 0) is 23.6 Å². The molecule has 96 valence electrons. The molecule has 0 aliphatic rings. The molecule has 6 heteroatoms. The monoisotopic (exact) mass is 294 g/mol. The Labute approximate surface area is 117 Å². The number of rotatable bonds is 3. The van der Waals surface area contributed by atoms with Crippen molar-refractivity contribution in [2.75, 3.05) is 0 Å². The maximum atomic E-state index is 13.6. The van der Waals surface area contributed by atoms with Crippen LogP contribution >= 0.6 is 22.9 Å². The van der Waals surface area contributed by atoms with Crippen LogP contribution in [0.25, 0.3) is 10.2 Å². The van der Waals surface area contributed by atoms with Gasteiger partial charge in [-0.25, -0.2) is 14.4 Å². The zero-order valence-electron chi connectivity index (χ0n) is 9.64. The molecule has 19 heavy (non-hydrogen) atoms. The molecular weight excluding hydrogens is 287 g/mol. The first-order valence-electron chi connectivity index (χ1n) is 5.49. The zero-order valence-corrected chi connectivity index (χ0v) is 11.2. The van der Waals surface area contributed by atoms with E-state index in [4.69, 9.17) is 16.3 Å². The number of thiophene rings is 1. The van der Waals surface area contributed by atoms with E-state index in [0.29, 0.717) is 16.5 Å². The first-order valence-corrected chi connectivity index (χ1v) is 6.75. The first-order chi connectivity index (χ1) is 9.25. The Morgan fingerprint density at radius 1 is 1.26 bits per heavy atom. The molecule has 0 aliphatic carbocycles. The third kappa shape index (κ3) is 2.39. The van der Waals surface area contributed by atoms with Crippen LogP contribution < -0.4 is 4.74 Å². The van der Waals surface area contributed by atoms with Crippen LogP contribution in [0.1, 0.15) is 5.56 Å². The van der Waals surface area contributed by atoms with E-state index in [1.807, 2.05) is 11.4 Å². The molecule has 2 aromatic heterocycles. The maximum Gasteiger partial charge on any atom is 0.225 e. The molecule has 0 saturated heterocycles. The Hall–Kier alpha value is -1.72. The summed E-state index contributed by atoms with van der Waals surface area (Å²) in [6, 6.07) is 6.41. The molecule has 3 nitrogen and oxygen atoms in total. The number of aromatic nitrogens is 2. The minimum Gasteiger partial charge on any atom is -0.472 e. The van der Waals surface area contributed by atoms with Crippen molar-refractivity contribution in [1.29, 1.82) is 0 Å². The summed E-state index contributed by atoms with van der Waals surface area (Å²) in [5.41, 5.74) is 0.325. The predicted molar refractivity (Wildman–Crippen MR) is 73.2 cm³/mol. The SMILES string of the molecule is Fc1cccc(Cl)c1COc1ncnc2sccc12. The molecule has 3 aromatic rings. The van der Waals surface area contributed by atoms with Gasteiger partial charge in [-0.1, -0.05) is 17.7 Å². The second-order valence-corrected chi connectivity index (χ2v) is 5.11. The lowest BCUT2D eigenvalue weighted by molar-refractivity contribution is 0.292. The topological polar surface area (TPSA) is 35.0 Å². The van der Waals surface area contributed by atoms with Crippen LogP contribution in [0.3, 0.4) is 0 Å². The summed E-state index contributed by atoms with van der Waals surface area (Å²) in [5.74, 6) is 0.0497. The van der Waals surface area contributed by atoms with E-state index in [-0.39, 0.29) is 12.4 Å². The molecule has 0 atom stereocenters. The molecule has 0 spiro atoms. The number of halogens is 2. The van der Waals surface area contributed by atoms with Crippen molar-refractivity contribution in [3.8, 4) is 5.88 Å². The fourth-order valence-corrected chi connectivity index (χ4v) is 2.63. The summed E-state index contributed by atoms with van der Waals surface area (Å²) in [6.07, 6.45) is 1.43. The molecule has 0 aliphatic heterocycles. The predicted octanol–water partition coefficient (Wildman–Crippen LogP) is 4.06. The van der Waals surface area contributed by atoms with Crippen LogP contribution in [0, 0.1) is 5.82 Å². The Morgan fingerprint density at radius 3 is 3.00 bits per heavy atom. The summed E-state index contributed by atoms with van der Waals surface area (Å²) >= 11 is 7.44. The van der Waals surface area contributed by atoms with Gasteiger partial charge < -0.3 is 4.74 Å². The van der Waals surface area contributed by atoms with E-state index in [1.165, 1.54) is 23.7 Å². The molecule has 0 unspecified atom stereocenters. The second kappa shape index (κ2) is 5.11. The van der Waals surface area contributed by atoms with E-state index in [9.17, 15) is 4.39 Å². The Morgan fingerprint density at radius 2 is 2.16 bits per heavy atom. The van der Waals surface area contributed by atoms with Crippen LogP contribution in [0.2, 0.25) is 5.02 Å². The molecule has 2 heterocycles. The van der Waals surface area contributed by atoms with Crippen LogP contribution in [0.4, 0.5) is 4.39 Å². The van der Waals surface area contributed by atoms with Gasteiger partial charge in [0.25, 0.3) is 0 Å². The number of ether oxygens (including phenoxy) is 1. The van der Waals surface area contributed by atoms with Gasteiger partial charge in [0.1, 0.15) is 23.6 Å². The summed E-state index contributed by atoms with van der Waals surface area (Å²) < 4.78 is 19.2. The Kier molecular flexibility index (Phi) is 3.31. The van der Waals surface area contributed by atoms with Gasteiger partial charge in [-0.2, -0.15) is 0 Å². The van der Waals surface area contributed by atoms with Crippen molar-refractivity contribution < 1.29 is 9.13 Å². The van der Waals surface area contributed by atoms with Gasteiger partial charge in [0.2, 0.25) is 5.88 Å². The van der Waals surface area contributed by atoms with E-state index in [1.54, 1.807) is 12.1 Å². The summed E-state index contributed by atoms with van der Waals surface area (Å²) in [4.78, 5) is 9.02. The highest BCUT2D eigenvalue weighted by atomic mass is 35.5. The summed E-state index contributed by atoms with van der Waals surface area (Å²) in [5, 5.41) is 3.07. The molecule has 0 amide bonds. The van der Waals surface area contributed by atoms with E-state index in [0.717, 1.165) is 10.2 Å². The van der Waals surface area contributed by atoms with Crippen molar-refractivity contribution in [3.05, 3.63) is 52.4 Å². The van der Waals surface area contributed by atoms with Crippen molar-refractivity contribution in [2.24, 2.45) is 0 Å². The van der Waals surface area contributed by atoms with E-state index in [2.05, 4.69) is 9.97 Å². The number of hydrogen-bond acceptors (Lipinski definition) is 4. The summed E-state index contributed by atoms with van der Waals surface area (Å²) in [6.45, 7) is 0.0352. The van der Waals surface area contributed by atoms with E-state index < -0.39 is 0 Å². The van der Waals surface area contributed by atoms with Gasteiger partial charge in [0.05, 0.1) is 10.4 Å². The second-order valence-electron chi connectivity index (χ2n) is 3.81. The fraction of sp³-hybridized carbons (Fsp3) is 0.0769. The van der Waals surface area contributed by atoms with Crippen LogP contribution in [-0.2, 0) is 6.61 Å². The lowest BCUT2D eigenvalue weighted by Crippen LogP contribution is -2.01. The minimum atomic E-state index is -0.386. The molecule has 0 saturated carbocycles. The van der Waals surface area contributed by atoms with Gasteiger partial charge in [-0.3, -0.25) is 0 Å². The lowest BCUT2D eigenvalue weighted by Gasteiger charge is -2.08. The molecule has 3 rings (SSSR count). The standard InChI is InChI=1S/C13H8ClFN2OS/c14-10-2-1-3-11(15)9(10)6-18-12-8-4-5-19-13(8)17-7-16-12/h1-5,7H,6H2. The highest BCUT2D eigenvalue weighted by Crippen LogP contribution is 2.27. The summed E-state index contributed by atoms with van der Waals surface area (Å²) in [7, 11) is 0. The van der Waals surface area contributed by atoms with Gasteiger partial charge in [0, 0.05) is 5.56 Å². The fourth-order valence-electron chi connectivity index (χ4n) is 1.69. The van der Waals surface area contributed by atoms with Crippen molar-refractivity contribution in [3.63, 3.8) is 0 Å². The average Bonchev–Trinajstić information content (AvgIpc) is 2.87. The molecular formula is C13H8ClFN2OS. The third-order valence-electron chi connectivity index (χ3n) is 2.64. The van der Waals surface area contributed by atoms with Crippen LogP contribution in [0.5, 0.6) is 5.88 Å². The van der Waals surface area contributed by atoms with E-state index >= 15 is 0 Å². The number of benzene rings is 1. The third-order valence-corrected chi connectivity index (χ3v) is 3.81. The highest BCUT2D eigenvalue weighted by Gasteiger charge is 2.10. The molecule has 1 aromatic carbocycles. The Balaban J connectivity index is 1.88. The zero-order chi connectivity index (χ0) is 13.2. The van der Waals surface area contributed by atoms with Crippen LogP contribution in [0.15, 0.2) is 36.0 Å². The number of fused-ring (bicyclic) bond motifs is 1. The number of nitrogens with zero attached hydrogens (tertiary/aromatic N) is 2. The first kappa shape index (κ1) is 12.3. The largest absolute Gasteiger partial charge is 0.472 e. The maximum absolute atomic E-state index is 13.6. The van der Waals surface area contributed by atoms with Crippen molar-refractivity contribution in [1.82, 2.24) is 9.97 Å².